The Morgan fingerprint density at radius 2 is 1.44 bits per heavy atom. The predicted octanol–water partition coefficient (Wildman–Crippen LogP) is 6.37. The average molecular weight is 697 g/mol. The van der Waals surface area contributed by atoms with Gasteiger partial charge in [0.2, 0.25) is 0 Å². The highest BCUT2D eigenvalue weighted by atomic mass is 16.1. The number of nitrogens with zero attached hydrogens (tertiary/aromatic N) is 7. The first-order chi connectivity index (χ1) is 24.9. The number of ketones is 2. The Kier molecular flexibility index (Phi) is 6.43. The lowest BCUT2D eigenvalue weighted by Gasteiger charge is -2.44. The van der Waals surface area contributed by atoms with E-state index in [1.165, 1.54) is 0 Å². The molecule has 2 aliphatic heterocycles. The first kappa shape index (κ1) is 31.7. The zero-order valence-corrected chi connectivity index (χ0v) is 30.4. The van der Waals surface area contributed by atoms with Gasteiger partial charge in [-0.05, 0) is 69.3 Å². The largest absolute Gasteiger partial charge is 0.342 e. The smallest absolute Gasteiger partial charge is 0.162 e. The van der Waals surface area contributed by atoms with Gasteiger partial charge in [0.15, 0.2) is 23.2 Å². The van der Waals surface area contributed by atoms with E-state index in [1.54, 1.807) is 31.0 Å². The second-order valence-corrected chi connectivity index (χ2v) is 17.6. The molecule has 2 fully saturated rings. The van der Waals surface area contributed by atoms with Crippen LogP contribution >= 0.6 is 0 Å². The number of carbonyl (C=O) groups is 2. The molecule has 6 aliphatic rings. The summed E-state index contributed by atoms with van der Waals surface area (Å²) in [6.07, 6.45) is 15.2. The van der Waals surface area contributed by atoms with Gasteiger partial charge in [-0.2, -0.15) is 10.2 Å². The Labute approximate surface area is 302 Å². The van der Waals surface area contributed by atoms with E-state index < -0.39 is 16.2 Å². The van der Waals surface area contributed by atoms with Crippen LogP contribution < -0.4 is 10.6 Å². The molecule has 2 saturated carbocycles. The molecule has 0 spiro atoms. The lowest BCUT2D eigenvalue weighted by Crippen LogP contribution is -2.45. The quantitative estimate of drug-likeness (QED) is 0.207. The van der Waals surface area contributed by atoms with E-state index in [0.717, 1.165) is 94.5 Å². The number of hydrogen-bond acceptors (Lipinski definition) is 10. The van der Waals surface area contributed by atoms with Crippen LogP contribution in [0, 0.1) is 10.8 Å². The standard InChI is InChI=1S/C40H44N10O2/c1-37(2)15-23-28(25(51)17-37)39(4,27-19-41-13-14-42-27)31-33(22-9-10-22)50(49-35(31)46-23)20-38(3)16-24-29(26(52)18-38)40(5,36-43-11-6-12-44-36)30-32(21-7-8-21)47-48-34(30)45-24/h6,11-14,19,21-22H,7-10,15-18,20H2,1-5H3,(H,46,49)(H2,45,47,48). The fourth-order valence-electron chi connectivity index (χ4n) is 10.1. The third-order valence-corrected chi connectivity index (χ3v) is 12.5. The number of nitrogens with one attached hydrogen (secondary N) is 3. The van der Waals surface area contributed by atoms with Crippen LogP contribution in [0.15, 0.2) is 59.6 Å². The highest BCUT2D eigenvalue weighted by Gasteiger charge is 2.55. The molecule has 0 bridgehead atoms. The van der Waals surface area contributed by atoms with Crippen LogP contribution in [0.5, 0.6) is 0 Å². The topological polar surface area (TPSA) is 156 Å². The summed E-state index contributed by atoms with van der Waals surface area (Å²) in [5.41, 5.74) is 6.04. The van der Waals surface area contributed by atoms with Crippen molar-refractivity contribution in [3.63, 3.8) is 0 Å². The maximum Gasteiger partial charge on any atom is 0.162 e. The maximum atomic E-state index is 14.7. The Morgan fingerprint density at radius 1 is 0.750 bits per heavy atom. The van der Waals surface area contributed by atoms with Crippen LogP contribution in [0.2, 0.25) is 0 Å². The number of rotatable bonds is 6. The lowest BCUT2D eigenvalue weighted by atomic mass is 9.62. The molecule has 3 atom stereocenters. The monoisotopic (exact) mass is 696 g/mol. The lowest BCUT2D eigenvalue weighted by molar-refractivity contribution is -0.120. The normalized spacial score (nSPS) is 29.2. The minimum Gasteiger partial charge on any atom is -0.342 e. The number of fused-ring (bicyclic) bond motifs is 2. The van der Waals surface area contributed by atoms with Gasteiger partial charge in [0.1, 0.15) is 5.82 Å². The first-order valence-corrected chi connectivity index (χ1v) is 18.7. The van der Waals surface area contributed by atoms with E-state index in [1.807, 2.05) is 6.07 Å². The molecule has 6 heterocycles. The highest BCUT2D eigenvalue weighted by molar-refractivity contribution is 6.03. The summed E-state index contributed by atoms with van der Waals surface area (Å²) < 4.78 is 2.16. The molecule has 12 heteroatoms. The number of Topliss-reactive ketones (excluding diaryl/α,β-unsaturated/α-hetero) is 2. The summed E-state index contributed by atoms with van der Waals surface area (Å²) in [7, 11) is 0. The molecule has 10 rings (SSSR count). The van der Waals surface area contributed by atoms with E-state index in [9.17, 15) is 9.59 Å². The summed E-state index contributed by atoms with van der Waals surface area (Å²) in [5.74, 6) is 3.11. The molecule has 0 aromatic carbocycles. The van der Waals surface area contributed by atoms with Gasteiger partial charge in [0.25, 0.3) is 0 Å². The number of anilines is 2. The van der Waals surface area contributed by atoms with E-state index >= 15 is 0 Å². The van der Waals surface area contributed by atoms with Gasteiger partial charge in [0.05, 0.1) is 16.5 Å². The van der Waals surface area contributed by atoms with E-state index in [0.29, 0.717) is 43.5 Å². The highest BCUT2D eigenvalue weighted by Crippen LogP contribution is 2.58. The van der Waals surface area contributed by atoms with Crippen molar-refractivity contribution in [2.24, 2.45) is 10.8 Å². The van der Waals surface area contributed by atoms with Gasteiger partial charge in [-0.1, -0.05) is 20.8 Å². The number of aromatic nitrogens is 8. The number of allylic oxidation sites excluding steroid dienone is 4. The van der Waals surface area contributed by atoms with Crippen molar-refractivity contribution in [2.75, 3.05) is 10.6 Å². The van der Waals surface area contributed by atoms with E-state index in [4.69, 9.17) is 25.1 Å². The molecule has 266 valence electrons. The van der Waals surface area contributed by atoms with Crippen molar-refractivity contribution in [3.05, 3.63) is 93.6 Å². The summed E-state index contributed by atoms with van der Waals surface area (Å²) in [4.78, 5) is 47.7. The van der Waals surface area contributed by atoms with Crippen molar-refractivity contribution in [3.8, 4) is 0 Å². The molecular formula is C40H44N10O2. The minimum atomic E-state index is -0.835. The van der Waals surface area contributed by atoms with Crippen LogP contribution in [0.3, 0.4) is 0 Å². The third kappa shape index (κ3) is 4.51. The maximum absolute atomic E-state index is 14.7. The molecule has 4 aromatic heterocycles. The van der Waals surface area contributed by atoms with Gasteiger partial charge in [-0.25, -0.2) is 9.97 Å². The van der Waals surface area contributed by atoms with Gasteiger partial charge in [-0.3, -0.25) is 29.3 Å². The number of carbonyl (C=O) groups excluding carboxylic acids is 2. The van der Waals surface area contributed by atoms with Crippen molar-refractivity contribution < 1.29 is 9.59 Å². The second kappa shape index (κ2) is 10.5. The Hall–Kier alpha value is -5.00. The summed E-state index contributed by atoms with van der Waals surface area (Å²) in [5, 5.41) is 20.7. The summed E-state index contributed by atoms with van der Waals surface area (Å²) in [6.45, 7) is 11.3. The zero-order valence-electron chi connectivity index (χ0n) is 30.4. The van der Waals surface area contributed by atoms with Crippen LogP contribution in [-0.4, -0.2) is 51.5 Å². The SMILES string of the molecule is CC1(C)CC(=O)C2=C(C1)Nc1nn(CC3(C)CC(=O)C4=C(C3)Nc3n[nH]c(C5CC5)c3C4(C)c3ncccn3)c(C3CC3)c1C2(C)c1cnccn1. The van der Waals surface area contributed by atoms with Crippen LogP contribution in [-0.2, 0) is 27.0 Å². The van der Waals surface area contributed by atoms with Gasteiger partial charge < -0.3 is 10.6 Å². The van der Waals surface area contributed by atoms with E-state index in [2.05, 4.69) is 60.0 Å². The van der Waals surface area contributed by atoms with Crippen LogP contribution in [0.25, 0.3) is 0 Å². The number of aromatic amines is 1. The molecule has 0 amide bonds. The van der Waals surface area contributed by atoms with Gasteiger partial charge >= 0.3 is 0 Å². The summed E-state index contributed by atoms with van der Waals surface area (Å²) >= 11 is 0. The Balaban J connectivity index is 1.08. The Bertz CT molecular complexity index is 2260. The molecule has 3 N–H and O–H groups in total. The molecule has 12 nitrogen and oxygen atoms in total. The predicted molar refractivity (Wildman–Crippen MR) is 193 cm³/mol. The van der Waals surface area contributed by atoms with Crippen molar-refractivity contribution >= 4 is 23.2 Å². The first-order valence-electron chi connectivity index (χ1n) is 18.7. The van der Waals surface area contributed by atoms with E-state index in [-0.39, 0.29) is 17.0 Å². The van der Waals surface area contributed by atoms with Gasteiger partial charge in [0, 0.05) is 107 Å². The molecule has 4 aliphatic carbocycles. The second-order valence-electron chi connectivity index (χ2n) is 17.6. The minimum absolute atomic E-state index is 0.0946. The molecule has 3 unspecified atom stereocenters. The van der Waals surface area contributed by atoms with Crippen LogP contribution in [0.1, 0.15) is 132 Å². The Morgan fingerprint density at radius 3 is 2.15 bits per heavy atom. The number of hydrogen-bond donors (Lipinski definition) is 3. The summed E-state index contributed by atoms with van der Waals surface area (Å²) in [6, 6.07) is 1.81. The fraction of sp³-hybridized carbons (Fsp3) is 0.500. The molecule has 0 radical (unpaired) electrons. The van der Waals surface area contributed by atoms with Crippen LogP contribution in [0.4, 0.5) is 11.6 Å². The van der Waals surface area contributed by atoms with Gasteiger partial charge in [-0.15, -0.1) is 0 Å². The molecule has 0 saturated heterocycles. The molecule has 4 aromatic rings. The zero-order chi connectivity index (χ0) is 35.8. The third-order valence-electron chi connectivity index (χ3n) is 12.5. The van der Waals surface area contributed by atoms with Crippen molar-refractivity contribution in [1.29, 1.82) is 0 Å². The molecule has 52 heavy (non-hydrogen) atoms. The average Bonchev–Trinajstić information content (AvgIpc) is 4.04. The number of H-pyrrole nitrogens is 1. The van der Waals surface area contributed by atoms with Crippen molar-refractivity contribution in [1.82, 2.24) is 39.9 Å². The fourth-order valence-corrected chi connectivity index (χ4v) is 10.1. The van der Waals surface area contributed by atoms with Crippen molar-refractivity contribution in [2.45, 2.75) is 115 Å². The molecular weight excluding hydrogens is 653 g/mol.